The summed E-state index contributed by atoms with van der Waals surface area (Å²) in [6.07, 6.45) is 6.47. The van der Waals surface area contributed by atoms with Gasteiger partial charge in [0.15, 0.2) is 0 Å². The van der Waals surface area contributed by atoms with E-state index in [1.54, 1.807) is 0 Å². The molecule has 18 heavy (non-hydrogen) atoms. The molecule has 0 bridgehead atoms. The third-order valence-electron chi connectivity index (χ3n) is 4.93. The van der Waals surface area contributed by atoms with Crippen molar-refractivity contribution < 1.29 is 4.74 Å². The highest BCUT2D eigenvalue weighted by Crippen LogP contribution is 2.46. The van der Waals surface area contributed by atoms with Gasteiger partial charge in [-0.1, -0.05) is 20.8 Å². The number of nitrogens with zero attached hydrogens (tertiary/aromatic N) is 1. The minimum atomic E-state index is 0.241. The fourth-order valence-corrected chi connectivity index (χ4v) is 3.78. The summed E-state index contributed by atoms with van der Waals surface area (Å²) in [7, 11) is 0. The molecule has 2 rings (SSSR count). The lowest BCUT2D eigenvalue weighted by atomic mass is 9.86. The van der Waals surface area contributed by atoms with Gasteiger partial charge in [0.25, 0.3) is 0 Å². The highest BCUT2D eigenvalue weighted by Gasteiger charge is 2.46. The van der Waals surface area contributed by atoms with Crippen LogP contribution < -0.4 is 5.73 Å². The van der Waals surface area contributed by atoms with Crippen molar-refractivity contribution in [2.24, 2.45) is 11.1 Å². The van der Waals surface area contributed by atoms with E-state index in [2.05, 4.69) is 25.7 Å². The van der Waals surface area contributed by atoms with E-state index in [0.29, 0.717) is 11.5 Å². The Morgan fingerprint density at radius 1 is 1.33 bits per heavy atom. The zero-order valence-electron chi connectivity index (χ0n) is 12.4. The Hall–Kier alpha value is -0.120. The van der Waals surface area contributed by atoms with Gasteiger partial charge in [-0.25, -0.2) is 0 Å². The number of hydrogen-bond acceptors (Lipinski definition) is 3. The smallest absolute Gasteiger partial charge is 0.0699 e. The maximum Gasteiger partial charge on any atom is 0.0699 e. The van der Waals surface area contributed by atoms with Gasteiger partial charge in [0, 0.05) is 31.8 Å². The number of ether oxygens (including phenoxy) is 1. The van der Waals surface area contributed by atoms with Crippen molar-refractivity contribution in [3.05, 3.63) is 0 Å². The highest BCUT2D eigenvalue weighted by atomic mass is 16.5. The Labute approximate surface area is 112 Å². The number of nitrogens with two attached hydrogens (primary N) is 1. The lowest BCUT2D eigenvalue weighted by Gasteiger charge is -2.42. The summed E-state index contributed by atoms with van der Waals surface area (Å²) in [6.45, 7) is 10.9. The van der Waals surface area contributed by atoms with Crippen LogP contribution in [0.1, 0.15) is 52.9 Å². The first-order valence-corrected chi connectivity index (χ1v) is 7.58. The van der Waals surface area contributed by atoms with Crippen molar-refractivity contribution in [2.75, 3.05) is 26.2 Å². The van der Waals surface area contributed by atoms with Gasteiger partial charge < -0.3 is 10.5 Å². The van der Waals surface area contributed by atoms with Crippen molar-refractivity contribution in [3.8, 4) is 0 Å². The minimum absolute atomic E-state index is 0.241. The average molecular weight is 254 g/mol. The van der Waals surface area contributed by atoms with Crippen LogP contribution >= 0.6 is 0 Å². The second-order valence-electron chi connectivity index (χ2n) is 6.97. The quantitative estimate of drug-likeness (QED) is 0.840. The lowest BCUT2D eigenvalue weighted by Crippen LogP contribution is -2.54. The van der Waals surface area contributed by atoms with E-state index >= 15 is 0 Å². The van der Waals surface area contributed by atoms with Gasteiger partial charge in [-0.15, -0.1) is 0 Å². The van der Waals surface area contributed by atoms with Crippen molar-refractivity contribution in [2.45, 2.75) is 64.5 Å². The molecule has 0 aromatic carbocycles. The number of rotatable bonds is 3. The van der Waals surface area contributed by atoms with Gasteiger partial charge in [-0.2, -0.15) is 0 Å². The van der Waals surface area contributed by atoms with Gasteiger partial charge in [0.1, 0.15) is 0 Å². The fraction of sp³-hybridized carbons (Fsp3) is 1.00. The molecule has 0 radical (unpaired) electrons. The molecule has 3 heteroatoms. The lowest BCUT2D eigenvalue weighted by molar-refractivity contribution is 0.0243. The SMILES string of the molecule is CCC1CN(C2(CN)CCC(C)(C)C2)CCCO1. The summed E-state index contributed by atoms with van der Waals surface area (Å²) in [5, 5.41) is 0. The summed E-state index contributed by atoms with van der Waals surface area (Å²) in [6, 6.07) is 0. The first-order chi connectivity index (χ1) is 8.51. The van der Waals surface area contributed by atoms with Crippen molar-refractivity contribution in [1.29, 1.82) is 0 Å². The monoisotopic (exact) mass is 254 g/mol. The van der Waals surface area contributed by atoms with Crippen LogP contribution in [0.25, 0.3) is 0 Å². The summed E-state index contributed by atoms with van der Waals surface area (Å²) in [5.41, 5.74) is 6.87. The molecule has 2 fully saturated rings. The molecule has 0 aromatic heterocycles. The molecule has 2 unspecified atom stereocenters. The molecule has 1 heterocycles. The summed E-state index contributed by atoms with van der Waals surface area (Å²) in [4.78, 5) is 2.66. The topological polar surface area (TPSA) is 38.5 Å². The van der Waals surface area contributed by atoms with Crippen LogP contribution in [0.15, 0.2) is 0 Å². The average Bonchev–Trinajstić information content (AvgIpc) is 2.55. The molecule has 2 atom stereocenters. The van der Waals surface area contributed by atoms with Crippen LogP contribution in [0.4, 0.5) is 0 Å². The van der Waals surface area contributed by atoms with E-state index in [4.69, 9.17) is 10.5 Å². The molecule has 1 aliphatic carbocycles. The van der Waals surface area contributed by atoms with Gasteiger partial charge in [0.2, 0.25) is 0 Å². The maximum atomic E-state index is 6.18. The molecule has 2 aliphatic rings. The fourth-order valence-electron chi connectivity index (χ4n) is 3.78. The minimum Gasteiger partial charge on any atom is -0.377 e. The first-order valence-electron chi connectivity index (χ1n) is 7.58. The predicted octanol–water partition coefficient (Wildman–Crippen LogP) is 2.39. The maximum absolute atomic E-state index is 6.18. The molecule has 0 amide bonds. The van der Waals surface area contributed by atoms with Crippen LogP contribution in [0.3, 0.4) is 0 Å². The Kier molecular flexibility index (Phi) is 4.35. The van der Waals surface area contributed by atoms with Gasteiger partial charge >= 0.3 is 0 Å². The molecular weight excluding hydrogens is 224 g/mol. The molecule has 0 aromatic rings. The van der Waals surface area contributed by atoms with E-state index in [9.17, 15) is 0 Å². The largest absolute Gasteiger partial charge is 0.377 e. The second-order valence-corrected chi connectivity index (χ2v) is 6.97. The Balaban J connectivity index is 2.11. The van der Waals surface area contributed by atoms with E-state index in [1.165, 1.54) is 19.3 Å². The van der Waals surface area contributed by atoms with Crippen LogP contribution in [0.5, 0.6) is 0 Å². The molecule has 1 saturated carbocycles. The van der Waals surface area contributed by atoms with E-state index in [-0.39, 0.29) is 5.54 Å². The normalized spacial score (nSPS) is 37.7. The molecule has 1 aliphatic heterocycles. The Bertz CT molecular complexity index is 280. The predicted molar refractivity (Wildman–Crippen MR) is 75.6 cm³/mol. The zero-order chi connectivity index (χ0) is 13.2. The van der Waals surface area contributed by atoms with Crippen LogP contribution in [-0.4, -0.2) is 42.8 Å². The van der Waals surface area contributed by atoms with Crippen molar-refractivity contribution >= 4 is 0 Å². The van der Waals surface area contributed by atoms with Crippen LogP contribution in [0.2, 0.25) is 0 Å². The van der Waals surface area contributed by atoms with E-state index in [1.807, 2.05) is 0 Å². The van der Waals surface area contributed by atoms with E-state index in [0.717, 1.165) is 39.1 Å². The van der Waals surface area contributed by atoms with Gasteiger partial charge in [-0.3, -0.25) is 4.90 Å². The van der Waals surface area contributed by atoms with Crippen LogP contribution in [0, 0.1) is 5.41 Å². The Morgan fingerprint density at radius 2 is 2.11 bits per heavy atom. The van der Waals surface area contributed by atoms with Gasteiger partial charge in [-0.05, 0) is 37.5 Å². The Morgan fingerprint density at radius 3 is 2.67 bits per heavy atom. The molecule has 0 spiro atoms. The molecule has 1 saturated heterocycles. The molecule has 3 nitrogen and oxygen atoms in total. The van der Waals surface area contributed by atoms with Crippen molar-refractivity contribution in [3.63, 3.8) is 0 Å². The summed E-state index contributed by atoms with van der Waals surface area (Å²) < 4.78 is 5.90. The third kappa shape index (κ3) is 2.89. The standard InChI is InChI=1S/C15H30N2O/c1-4-13-10-17(8-5-9-18-13)15(12-16)7-6-14(2,3)11-15/h13H,4-12,16H2,1-3H3. The zero-order valence-corrected chi connectivity index (χ0v) is 12.4. The molecular formula is C15H30N2O. The molecule has 2 N–H and O–H groups in total. The number of hydrogen-bond donors (Lipinski definition) is 1. The third-order valence-corrected chi connectivity index (χ3v) is 4.93. The van der Waals surface area contributed by atoms with Crippen LogP contribution in [-0.2, 0) is 4.74 Å². The first kappa shape index (κ1) is 14.3. The molecule has 106 valence electrons. The second kappa shape index (κ2) is 5.48. The summed E-state index contributed by atoms with van der Waals surface area (Å²) in [5.74, 6) is 0. The van der Waals surface area contributed by atoms with E-state index < -0.39 is 0 Å². The highest BCUT2D eigenvalue weighted by molar-refractivity contribution is 5.02. The van der Waals surface area contributed by atoms with Gasteiger partial charge in [0.05, 0.1) is 6.10 Å². The summed E-state index contributed by atoms with van der Waals surface area (Å²) >= 11 is 0. The van der Waals surface area contributed by atoms with Crippen molar-refractivity contribution in [1.82, 2.24) is 4.90 Å².